The largest absolute Gasteiger partial charge is 0.296 e. The summed E-state index contributed by atoms with van der Waals surface area (Å²) in [4.78, 5) is 0.238. The van der Waals surface area contributed by atoms with E-state index in [1.165, 1.54) is 51.4 Å². The molecule has 0 spiro atoms. The summed E-state index contributed by atoms with van der Waals surface area (Å²) in [5, 5.41) is 0. The Balaban J connectivity index is 0.00000484. The van der Waals surface area contributed by atoms with E-state index in [0.717, 1.165) is 12.8 Å². The average Bonchev–Trinajstić information content (AvgIpc) is 2.53. The molecule has 0 aliphatic heterocycles. The molecule has 5 heteroatoms. The van der Waals surface area contributed by atoms with Crippen LogP contribution in [-0.2, 0) is 14.3 Å². The zero-order valence-corrected chi connectivity index (χ0v) is 18.8. The molecule has 2 radical (unpaired) electrons. The van der Waals surface area contributed by atoms with Crippen molar-refractivity contribution in [1.29, 1.82) is 0 Å². The number of hydrogen-bond donors (Lipinski definition) is 0. The van der Waals surface area contributed by atoms with E-state index < -0.39 is 10.1 Å². The van der Waals surface area contributed by atoms with Crippen LogP contribution < -0.4 is 0 Å². The molecule has 0 saturated heterocycles. The molecule has 0 aliphatic carbocycles. The molecule has 0 unspecified atom stereocenters. The number of rotatable bonds is 13. The Morgan fingerprint density at radius 3 is 1.78 bits per heavy atom. The molecule has 1 rings (SSSR count). The number of hydrogen-bond acceptors (Lipinski definition) is 3. The summed E-state index contributed by atoms with van der Waals surface area (Å²) in [5.74, 6) is 0. The van der Waals surface area contributed by atoms with Crippen LogP contribution in [0.2, 0.25) is 0 Å². The van der Waals surface area contributed by atoms with E-state index in [9.17, 15) is 8.42 Å². The molecule has 128 valence electrons. The van der Waals surface area contributed by atoms with Crippen LogP contribution in [0.1, 0.15) is 71.1 Å². The molecular formula is C18H30O3SSr. The van der Waals surface area contributed by atoms with Gasteiger partial charge in [-0.2, -0.15) is 8.42 Å². The second-order valence-electron chi connectivity index (χ2n) is 5.77. The van der Waals surface area contributed by atoms with Crippen molar-refractivity contribution in [3.8, 4) is 0 Å². The van der Waals surface area contributed by atoms with E-state index in [2.05, 4.69) is 6.92 Å². The molecule has 0 saturated carbocycles. The van der Waals surface area contributed by atoms with Gasteiger partial charge in [-0.15, -0.1) is 0 Å². The Morgan fingerprint density at radius 1 is 0.783 bits per heavy atom. The van der Waals surface area contributed by atoms with Crippen LogP contribution >= 0.6 is 0 Å². The number of benzene rings is 1. The van der Waals surface area contributed by atoms with Crippen LogP contribution in [0.3, 0.4) is 0 Å². The molecule has 0 heterocycles. The maximum absolute atomic E-state index is 11.9. The van der Waals surface area contributed by atoms with E-state index in [1.54, 1.807) is 30.3 Å². The maximum atomic E-state index is 11.9. The van der Waals surface area contributed by atoms with E-state index >= 15 is 0 Å². The van der Waals surface area contributed by atoms with Gasteiger partial charge in [0, 0.05) is 45.5 Å². The molecule has 0 aromatic heterocycles. The summed E-state index contributed by atoms with van der Waals surface area (Å²) in [7, 11) is -3.57. The summed E-state index contributed by atoms with van der Waals surface area (Å²) in [5.41, 5.74) is 0. The topological polar surface area (TPSA) is 43.4 Å². The zero-order chi connectivity index (χ0) is 16.1. The van der Waals surface area contributed by atoms with Crippen LogP contribution in [-0.4, -0.2) is 60.5 Å². The first-order valence-corrected chi connectivity index (χ1v) is 10.0. The fraction of sp³-hybridized carbons (Fsp3) is 0.667. The van der Waals surface area contributed by atoms with Crippen molar-refractivity contribution in [2.75, 3.05) is 6.61 Å². The van der Waals surface area contributed by atoms with Gasteiger partial charge in [-0.1, -0.05) is 82.9 Å². The van der Waals surface area contributed by atoms with Gasteiger partial charge in [-0.3, -0.25) is 4.18 Å². The van der Waals surface area contributed by atoms with E-state index in [-0.39, 0.29) is 57.0 Å². The third-order valence-electron chi connectivity index (χ3n) is 3.77. The Kier molecular flexibility index (Phi) is 15.3. The SMILES string of the molecule is CCCCCCCCCCCCOS(=O)(=O)c1ccccc1.[Sr]. The third-order valence-corrected chi connectivity index (χ3v) is 5.09. The average molecular weight is 414 g/mol. The van der Waals surface area contributed by atoms with Gasteiger partial charge in [0.25, 0.3) is 10.1 Å². The van der Waals surface area contributed by atoms with Crippen molar-refractivity contribution in [3.63, 3.8) is 0 Å². The van der Waals surface area contributed by atoms with Crippen LogP contribution in [0.25, 0.3) is 0 Å². The Hall–Kier alpha value is 0.611. The summed E-state index contributed by atoms with van der Waals surface area (Å²) in [6.07, 6.45) is 12.3. The fourth-order valence-electron chi connectivity index (χ4n) is 2.41. The Bertz CT molecular complexity index is 474. The molecule has 0 N–H and O–H groups in total. The van der Waals surface area contributed by atoms with Gasteiger partial charge >= 0.3 is 0 Å². The van der Waals surface area contributed by atoms with Gasteiger partial charge in [-0.25, -0.2) is 0 Å². The van der Waals surface area contributed by atoms with E-state index in [4.69, 9.17) is 4.18 Å². The molecule has 0 fully saturated rings. The van der Waals surface area contributed by atoms with Gasteiger partial charge in [-0.05, 0) is 18.6 Å². The molecule has 0 aliphatic rings. The molecule has 1 aromatic rings. The van der Waals surface area contributed by atoms with Gasteiger partial charge < -0.3 is 0 Å². The molecule has 23 heavy (non-hydrogen) atoms. The van der Waals surface area contributed by atoms with Gasteiger partial charge in [0.1, 0.15) is 0 Å². The van der Waals surface area contributed by atoms with Gasteiger partial charge in [0.15, 0.2) is 0 Å². The van der Waals surface area contributed by atoms with E-state index in [1.807, 2.05) is 0 Å². The number of unbranched alkanes of at least 4 members (excludes halogenated alkanes) is 9. The minimum absolute atomic E-state index is 0. The first-order chi connectivity index (χ1) is 10.7. The Morgan fingerprint density at radius 2 is 1.26 bits per heavy atom. The van der Waals surface area contributed by atoms with Crippen LogP contribution in [0.15, 0.2) is 35.2 Å². The summed E-state index contributed by atoms with van der Waals surface area (Å²) in [6.45, 7) is 2.52. The van der Waals surface area contributed by atoms with Crippen LogP contribution in [0.4, 0.5) is 0 Å². The first kappa shape index (κ1) is 23.6. The molecular weight excluding hydrogens is 384 g/mol. The third kappa shape index (κ3) is 11.7. The van der Waals surface area contributed by atoms with Crippen LogP contribution in [0, 0.1) is 0 Å². The predicted octanol–water partition coefficient (Wildman–Crippen LogP) is 4.93. The van der Waals surface area contributed by atoms with E-state index in [0.29, 0.717) is 0 Å². The minimum atomic E-state index is -3.57. The zero-order valence-electron chi connectivity index (χ0n) is 14.5. The van der Waals surface area contributed by atoms with Crippen LogP contribution in [0.5, 0.6) is 0 Å². The summed E-state index contributed by atoms with van der Waals surface area (Å²) >= 11 is 0. The van der Waals surface area contributed by atoms with Crippen molar-refractivity contribution < 1.29 is 12.6 Å². The second kappa shape index (κ2) is 14.9. The summed E-state index contributed by atoms with van der Waals surface area (Å²) in [6, 6.07) is 8.33. The molecule has 0 bridgehead atoms. The molecule has 1 aromatic carbocycles. The second-order valence-corrected chi connectivity index (χ2v) is 7.39. The van der Waals surface area contributed by atoms with Crippen molar-refractivity contribution in [1.82, 2.24) is 0 Å². The van der Waals surface area contributed by atoms with Crippen molar-refractivity contribution in [2.24, 2.45) is 0 Å². The maximum Gasteiger partial charge on any atom is 0.296 e. The predicted molar refractivity (Wildman–Crippen MR) is 97.2 cm³/mol. The molecule has 0 amide bonds. The van der Waals surface area contributed by atoms with Crippen molar-refractivity contribution in [3.05, 3.63) is 30.3 Å². The monoisotopic (exact) mass is 414 g/mol. The van der Waals surface area contributed by atoms with Gasteiger partial charge in [0.2, 0.25) is 0 Å². The van der Waals surface area contributed by atoms with Crippen molar-refractivity contribution in [2.45, 2.75) is 76.0 Å². The van der Waals surface area contributed by atoms with Crippen molar-refractivity contribution >= 4 is 55.6 Å². The summed E-state index contributed by atoms with van der Waals surface area (Å²) < 4.78 is 28.8. The minimum Gasteiger partial charge on any atom is -0.266 e. The quantitative estimate of drug-likeness (QED) is 0.261. The normalized spacial score (nSPS) is 11.2. The molecule has 0 atom stereocenters. The smallest absolute Gasteiger partial charge is 0.266 e. The fourth-order valence-corrected chi connectivity index (χ4v) is 3.38. The Labute approximate surface area is 179 Å². The molecule has 3 nitrogen and oxygen atoms in total. The first-order valence-electron chi connectivity index (χ1n) is 8.61. The van der Waals surface area contributed by atoms with Gasteiger partial charge in [0.05, 0.1) is 11.5 Å². The standard InChI is InChI=1S/C18H30O3S.Sr/c1-2-3-4-5-6-7-8-9-10-14-17-21-22(19,20)18-15-12-11-13-16-18;/h11-13,15-16H,2-10,14,17H2,1H3;.